The highest BCUT2D eigenvalue weighted by Gasteiger charge is 2.51. The van der Waals surface area contributed by atoms with Gasteiger partial charge >= 0.3 is 12.1 Å². The molecule has 3 unspecified atom stereocenters. The summed E-state index contributed by atoms with van der Waals surface area (Å²) < 4.78 is 31.7. The number of nitrogens with zero attached hydrogens (tertiary/aromatic N) is 1. The average Bonchev–Trinajstić information content (AvgIpc) is 2.69. The van der Waals surface area contributed by atoms with Gasteiger partial charge < -0.3 is 31.1 Å². The number of carbonyl (C=O) groups is 2. The first kappa shape index (κ1) is 25.5. The van der Waals surface area contributed by atoms with Crippen molar-refractivity contribution in [2.24, 2.45) is 23.5 Å². The van der Waals surface area contributed by atoms with Crippen LogP contribution in [0.3, 0.4) is 0 Å². The van der Waals surface area contributed by atoms with Crippen molar-refractivity contribution < 1.29 is 43.2 Å². The summed E-state index contributed by atoms with van der Waals surface area (Å²) in [7, 11) is 0. The number of fused-ring (bicyclic) bond motifs is 2. The van der Waals surface area contributed by atoms with Gasteiger partial charge in [-0.15, -0.1) is 0 Å². The van der Waals surface area contributed by atoms with E-state index < -0.39 is 36.8 Å². The zero-order valence-electron chi connectivity index (χ0n) is 15.9. The lowest BCUT2D eigenvalue weighted by molar-refractivity contribution is -0.192. The SMILES string of the molecule is NC(c1cc(Cl)c(Cl)cc1O)C1C2CC1CN(C(=O)[C@H](O)CO)C2.O=C(O)C(F)(F)F. The maximum Gasteiger partial charge on any atom is 0.490 e. The maximum atomic E-state index is 12.0. The highest BCUT2D eigenvalue weighted by atomic mass is 35.5. The Labute approximate surface area is 185 Å². The third-order valence-electron chi connectivity index (χ3n) is 5.46. The molecule has 0 radical (unpaired) electrons. The lowest BCUT2D eigenvalue weighted by Gasteiger charge is -2.56. The van der Waals surface area contributed by atoms with Gasteiger partial charge in [-0.3, -0.25) is 4.79 Å². The number of aliphatic hydroxyl groups excluding tert-OH is 2. The number of phenolic OH excluding ortho intramolecular Hbond substituents is 1. The number of aliphatic hydroxyl groups is 2. The first-order chi connectivity index (χ1) is 14.3. The first-order valence-corrected chi connectivity index (χ1v) is 9.84. The Bertz CT molecular complexity index is 829. The smallest absolute Gasteiger partial charge is 0.490 e. The van der Waals surface area contributed by atoms with Gasteiger partial charge in [0.1, 0.15) is 5.75 Å². The molecule has 174 valence electrons. The van der Waals surface area contributed by atoms with E-state index in [1.807, 2.05) is 0 Å². The zero-order valence-corrected chi connectivity index (χ0v) is 17.4. The van der Waals surface area contributed by atoms with Crippen LogP contribution in [-0.2, 0) is 9.59 Å². The summed E-state index contributed by atoms with van der Waals surface area (Å²) in [6.07, 6.45) is -5.49. The Morgan fingerprint density at radius 2 is 1.68 bits per heavy atom. The Morgan fingerprint density at radius 1 is 1.19 bits per heavy atom. The van der Waals surface area contributed by atoms with E-state index in [0.29, 0.717) is 23.7 Å². The average molecular weight is 489 g/mol. The van der Waals surface area contributed by atoms with Crippen molar-refractivity contribution in [2.75, 3.05) is 19.7 Å². The van der Waals surface area contributed by atoms with Crippen LogP contribution in [0.4, 0.5) is 13.2 Å². The predicted octanol–water partition coefficient (Wildman–Crippen LogP) is 1.78. The minimum absolute atomic E-state index is 0.0190. The maximum absolute atomic E-state index is 12.0. The number of piperidine rings is 2. The fraction of sp³-hybridized carbons (Fsp3) is 0.556. The van der Waals surface area contributed by atoms with Crippen LogP contribution in [-0.4, -0.2) is 69.2 Å². The number of rotatable bonds is 4. The van der Waals surface area contributed by atoms with Crippen LogP contribution in [0, 0.1) is 17.8 Å². The van der Waals surface area contributed by atoms with Crippen molar-refractivity contribution >= 4 is 35.1 Å². The van der Waals surface area contributed by atoms with Crippen LogP contribution >= 0.6 is 23.2 Å². The molecule has 1 aromatic rings. The summed E-state index contributed by atoms with van der Waals surface area (Å²) in [6.45, 7) is 0.407. The number of hydrogen-bond acceptors (Lipinski definition) is 6. The monoisotopic (exact) mass is 488 g/mol. The van der Waals surface area contributed by atoms with E-state index >= 15 is 0 Å². The number of hydrogen-bond donors (Lipinski definition) is 5. The number of aliphatic carboxylic acids is 1. The molecule has 13 heteroatoms. The molecule has 1 saturated carbocycles. The molecular weight excluding hydrogens is 468 g/mol. The van der Waals surface area contributed by atoms with Crippen LogP contribution in [0.1, 0.15) is 18.0 Å². The topological polar surface area (TPSA) is 144 Å². The van der Waals surface area contributed by atoms with Gasteiger partial charge in [-0.1, -0.05) is 23.2 Å². The van der Waals surface area contributed by atoms with Crippen molar-refractivity contribution in [3.05, 3.63) is 27.7 Å². The molecule has 2 fully saturated rings. The second-order valence-electron chi connectivity index (χ2n) is 7.43. The Kier molecular flexibility index (Phi) is 8.04. The van der Waals surface area contributed by atoms with Crippen molar-refractivity contribution in [1.29, 1.82) is 0 Å². The molecule has 1 aliphatic carbocycles. The third-order valence-corrected chi connectivity index (χ3v) is 6.18. The Hall–Kier alpha value is -1.79. The summed E-state index contributed by atoms with van der Waals surface area (Å²) >= 11 is 11.9. The van der Waals surface area contributed by atoms with Gasteiger partial charge in [-0.2, -0.15) is 13.2 Å². The number of halogens is 5. The highest BCUT2D eigenvalue weighted by molar-refractivity contribution is 6.42. The lowest BCUT2D eigenvalue weighted by Crippen LogP contribution is -2.60. The van der Waals surface area contributed by atoms with Crippen LogP contribution in [0.15, 0.2) is 12.1 Å². The molecular formula is C18H21Cl2F3N2O6. The number of amides is 1. The molecule has 3 rings (SSSR count). The van der Waals surface area contributed by atoms with Crippen LogP contribution in [0.25, 0.3) is 0 Å². The van der Waals surface area contributed by atoms with Crippen molar-refractivity contribution in [3.63, 3.8) is 0 Å². The Balaban J connectivity index is 0.000000423. The summed E-state index contributed by atoms with van der Waals surface area (Å²) in [5.74, 6) is -2.66. The molecule has 1 amide bonds. The number of carboxylic acids is 1. The van der Waals surface area contributed by atoms with Gasteiger partial charge in [0.2, 0.25) is 0 Å². The van der Waals surface area contributed by atoms with Gasteiger partial charge in [0.15, 0.2) is 6.10 Å². The van der Waals surface area contributed by atoms with Crippen molar-refractivity contribution in [1.82, 2.24) is 4.90 Å². The molecule has 8 nitrogen and oxygen atoms in total. The molecule has 1 aliphatic heterocycles. The minimum Gasteiger partial charge on any atom is -0.508 e. The van der Waals surface area contributed by atoms with Crippen molar-refractivity contribution in [3.8, 4) is 5.75 Å². The number of nitrogens with two attached hydrogens (primary N) is 1. The largest absolute Gasteiger partial charge is 0.508 e. The van der Waals surface area contributed by atoms with Crippen molar-refractivity contribution in [2.45, 2.75) is 24.7 Å². The van der Waals surface area contributed by atoms with Gasteiger partial charge in [-0.25, -0.2) is 4.79 Å². The van der Waals surface area contributed by atoms with Gasteiger partial charge in [0, 0.05) is 30.8 Å². The van der Waals surface area contributed by atoms with E-state index in [1.54, 1.807) is 11.0 Å². The second kappa shape index (κ2) is 9.78. The lowest BCUT2D eigenvalue weighted by atomic mass is 9.58. The minimum atomic E-state index is -5.08. The van der Waals surface area contributed by atoms with E-state index in [2.05, 4.69) is 0 Å². The van der Waals surface area contributed by atoms with Crippen LogP contribution < -0.4 is 5.73 Å². The van der Waals surface area contributed by atoms with Gasteiger partial charge in [-0.05, 0) is 30.2 Å². The summed E-state index contributed by atoms with van der Waals surface area (Å²) in [4.78, 5) is 22.5. The number of carboxylic acid groups (broad SMARTS) is 1. The van der Waals surface area contributed by atoms with Gasteiger partial charge in [0.25, 0.3) is 5.91 Å². The molecule has 1 heterocycles. The molecule has 0 aromatic heterocycles. The zero-order chi connectivity index (χ0) is 23.7. The quantitative estimate of drug-likeness (QED) is 0.434. The summed E-state index contributed by atoms with van der Waals surface area (Å²) in [5, 5.41) is 36.3. The normalized spacial score (nSPS) is 24.4. The first-order valence-electron chi connectivity index (χ1n) is 9.09. The molecule has 1 aromatic carbocycles. The summed E-state index contributed by atoms with van der Waals surface area (Å²) in [6, 6.07) is 2.58. The number of likely N-dealkylation sites (tertiary alicyclic amines) is 1. The third kappa shape index (κ3) is 5.72. The molecule has 2 bridgehead atoms. The fourth-order valence-corrected chi connectivity index (χ4v) is 4.34. The molecule has 6 N–H and O–H groups in total. The fourth-order valence-electron chi connectivity index (χ4n) is 4.01. The van der Waals surface area contributed by atoms with Gasteiger partial charge in [0.05, 0.1) is 16.7 Å². The standard InChI is InChI=1S/C16H20Cl2N2O4.C2HF3O2/c17-10-2-9(12(22)3-11(10)18)15(19)14-7-1-8(14)5-20(4-7)16(24)13(23)6-21;3-2(4,5)1(6)7/h2-3,7-8,13-15,21-23H,1,4-6,19H2;(H,6,7)/t7?,8?,13-,14?,15?;/m1./s1. The van der Waals surface area contributed by atoms with E-state index in [-0.39, 0.29) is 28.5 Å². The second-order valence-corrected chi connectivity index (χ2v) is 8.24. The van der Waals surface area contributed by atoms with Crippen LogP contribution in [0.5, 0.6) is 5.75 Å². The number of benzene rings is 1. The van der Waals surface area contributed by atoms with Crippen LogP contribution in [0.2, 0.25) is 10.0 Å². The predicted molar refractivity (Wildman–Crippen MR) is 104 cm³/mol. The molecule has 31 heavy (non-hydrogen) atoms. The number of carbonyl (C=O) groups excluding carboxylic acids is 1. The molecule has 2 aliphatic rings. The molecule has 1 saturated heterocycles. The van der Waals surface area contributed by atoms with E-state index in [4.69, 9.17) is 43.9 Å². The number of phenols is 1. The van der Waals surface area contributed by atoms with E-state index in [0.717, 1.165) is 6.42 Å². The molecule has 0 spiro atoms. The Morgan fingerprint density at radius 3 is 2.13 bits per heavy atom. The van der Waals surface area contributed by atoms with E-state index in [9.17, 15) is 28.2 Å². The highest BCUT2D eigenvalue weighted by Crippen LogP contribution is 2.52. The molecule has 4 atom stereocenters. The number of aromatic hydroxyl groups is 1. The number of alkyl halides is 3. The van der Waals surface area contributed by atoms with E-state index in [1.165, 1.54) is 6.07 Å². The summed E-state index contributed by atoms with van der Waals surface area (Å²) in [5.41, 5.74) is 6.92.